The molecule has 5 nitrogen and oxygen atoms in total. The average molecular weight is 248 g/mol. The SMILES string of the molecule is CS(=O)(=O)CCC(N)C(=O)NC1CCCC1. The summed E-state index contributed by atoms with van der Waals surface area (Å²) in [6.07, 6.45) is 5.63. The Morgan fingerprint density at radius 1 is 1.44 bits per heavy atom. The van der Waals surface area contributed by atoms with E-state index in [0.29, 0.717) is 0 Å². The summed E-state index contributed by atoms with van der Waals surface area (Å²) in [5.74, 6) is -0.262. The number of carbonyl (C=O) groups excluding carboxylic acids is 1. The predicted octanol–water partition coefficient (Wildman–Crippen LogP) is -0.193. The van der Waals surface area contributed by atoms with E-state index in [2.05, 4.69) is 5.32 Å². The molecule has 1 aliphatic carbocycles. The molecule has 16 heavy (non-hydrogen) atoms. The van der Waals surface area contributed by atoms with Crippen LogP contribution in [0, 0.1) is 0 Å². The van der Waals surface area contributed by atoms with Gasteiger partial charge < -0.3 is 11.1 Å². The molecule has 0 aliphatic heterocycles. The number of nitrogens with one attached hydrogen (secondary N) is 1. The largest absolute Gasteiger partial charge is 0.352 e. The van der Waals surface area contributed by atoms with Gasteiger partial charge in [0.05, 0.1) is 11.8 Å². The minimum Gasteiger partial charge on any atom is -0.352 e. The van der Waals surface area contributed by atoms with Crippen molar-refractivity contribution in [3.63, 3.8) is 0 Å². The first kappa shape index (κ1) is 13.4. The lowest BCUT2D eigenvalue weighted by Crippen LogP contribution is -2.45. The van der Waals surface area contributed by atoms with Crippen LogP contribution in [0.1, 0.15) is 32.1 Å². The van der Waals surface area contributed by atoms with E-state index in [0.717, 1.165) is 31.9 Å². The lowest BCUT2D eigenvalue weighted by molar-refractivity contribution is -0.123. The van der Waals surface area contributed by atoms with Crippen LogP contribution < -0.4 is 11.1 Å². The third-order valence-corrected chi connectivity index (χ3v) is 3.82. The van der Waals surface area contributed by atoms with E-state index in [1.165, 1.54) is 0 Å². The molecular weight excluding hydrogens is 228 g/mol. The minimum absolute atomic E-state index is 0.0355. The van der Waals surface area contributed by atoms with Crippen LogP contribution in [-0.4, -0.2) is 38.4 Å². The Bertz CT molecular complexity index is 334. The van der Waals surface area contributed by atoms with Crippen LogP contribution in [0.2, 0.25) is 0 Å². The number of hydrogen-bond acceptors (Lipinski definition) is 4. The summed E-state index contributed by atoms with van der Waals surface area (Å²) >= 11 is 0. The molecule has 1 aliphatic rings. The summed E-state index contributed by atoms with van der Waals surface area (Å²) < 4.78 is 21.8. The summed E-state index contributed by atoms with van der Waals surface area (Å²) in [7, 11) is -3.04. The van der Waals surface area contributed by atoms with Crippen molar-refractivity contribution in [2.75, 3.05) is 12.0 Å². The van der Waals surface area contributed by atoms with Crippen LogP contribution in [0.25, 0.3) is 0 Å². The summed E-state index contributed by atoms with van der Waals surface area (Å²) in [5.41, 5.74) is 5.63. The molecule has 0 aromatic rings. The van der Waals surface area contributed by atoms with Gasteiger partial charge in [0.1, 0.15) is 9.84 Å². The zero-order valence-electron chi connectivity index (χ0n) is 9.61. The smallest absolute Gasteiger partial charge is 0.237 e. The quantitative estimate of drug-likeness (QED) is 0.705. The predicted molar refractivity (Wildman–Crippen MR) is 62.7 cm³/mol. The molecule has 1 saturated carbocycles. The van der Waals surface area contributed by atoms with Gasteiger partial charge in [-0.05, 0) is 19.3 Å². The topological polar surface area (TPSA) is 89.3 Å². The zero-order chi connectivity index (χ0) is 12.2. The molecule has 0 bridgehead atoms. The van der Waals surface area contributed by atoms with Gasteiger partial charge in [-0.3, -0.25) is 4.79 Å². The lowest BCUT2D eigenvalue weighted by atomic mass is 10.2. The third-order valence-electron chi connectivity index (χ3n) is 2.84. The molecule has 0 spiro atoms. The summed E-state index contributed by atoms with van der Waals surface area (Å²) in [5, 5.41) is 2.86. The third kappa shape index (κ3) is 4.94. The maximum atomic E-state index is 11.6. The van der Waals surface area contributed by atoms with E-state index in [1.807, 2.05) is 0 Å². The summed E-state index contributed by atoms with van der Waals surface area (Å²) in [4.78, 5) is 11.6. The van der Waals surface area contributed by atoms with Crippen LogP contribution in [-0.2, 0) is 14.6 Å². The van der Waals surface area contributed by atoms with E-state index in [1.54, 1.807) is 0 Å². The maximum absolute atomic E-state index is 11.6. The van der Waals surface area contributed by atoms with Crippen LogP contribution >= 0.6 is 0 Å². The molecule has 1 amide bonds. The average Bonchev–Trinajstić information content (AvgIpc) is 2.65. The molecular formula is C10H20N2O3S. The van der Waals surface area contributed by atoms with Crippen LogP contribution in [0.15, 0.2) is 0 Å². The molecule has 1 unspecified atom stereocenters. The number of amides is 1. The minimum atomic E-state index is -3.04. The van der Waals surface area contributed by atoms with Crippen molar-refractivity contribution in [2.45, 2.75) is 44.2 Å². The molecule has 0 radical (unpaired) electrons. The number of hydrogen-bond donors (Lipinski definition) is 2. The second-order valence-electron chi connectivity index (χ2n) is 4.52. The van der Waals surface area contributed by atoms with Gasteiger partial charge in [-0.1, -0.05) is 12.8 Å². The van der Waals surface area contributed by atoms with E-state index < -0.39 is 15.9 Å². The van der Waals surface area contributed by atoms with Gasteiger partial charge in [-0.2, -0.15) is 0 Å². The molecule has 0 aromatic heterocycles. The molecule has 94 valence electrons. The molecule has 0 saturated heterocycles. The van der Waals surface area contributed by atoms with Gasteiger partial charge in [-0.25, -0.2) is 8.42 Å². The highest BCUT2D eigenvalue weighted by molar-refractivity contribution is 7.90. The van der Waals surface area contributed by atoms with Gasteiger partial charge in [0.25, 0.3) is 0 Å². The molecule has 1 atom stereocenters. The summed E-state index contributed by atoms with van der Waals surface area (Å²) in [6, 6.07) is -0.480. The van der Waals surface area contributed by atoms with Crippen molar-refractivity contribution in [1.29, 1.82) is 0 Å². The normalized spacial score (nSPS) is 19.6. The summed E-state index contributed by atoms with van der Waals surface area (Å²) in [6.45, 7) is 0. The Hall–Kier alpha value is -0.620. The van der Waals surface area contributed by atoms with E-state index >= 15 is 0 Å². The molecule has 0 heterocycles. The van der Waals surface area contributed by atoms with Gasteiger partial charge in [0.2, 0.25) is 5.91 Å². The van der Waals surface area contributed by atoms with E-state index in [9.17, 15) is 13.2 Å². The highest BCUT2D eigenvalue weighted by Gasteiger charge is 2.21. The van der Waals surface area contributed by atoms with Crippen molar-refractivity contribution in [1.82, 2.24) is 5.32 Å². The first-order valence-corrected chi connectivity index (χ1v) is 7.68. The first-order chi connectivity index (χ1) is 7.38. The van der Waals surface area contributed by atoms with E-state index in [4.69, 9.17) is 5.73 Å². The van der Waals surface area contributed by atoms with Crippen LogP contribution in [0.4, 0.5) is 0 Å². The van der Waals surface area contributed by atoms with Crippen molar-refractivity contribution >= 4 is 15.7 Å². The molecule has 1 rings (SSSR count). The first-order valence-electron chi connectivity index (χ1n) is 5.62. The van der Waals surface area contributed by atoms with Gasteiger partial charge in [0, 0.05) is 12.3 Å². The Kier molecular flexibility index (Phi) is 4.73. The second-order valence-corrected chi connectivity index (χ2v) is 6.77. The maximum Gasteiger partial charge on any atom is 0.237 e. The number of sulfone groups is 1. The van der Waals surface area contributed by atoms with Crippen molar-refractivity contribution in [2.24, 2.45) is 5.73 Å². The van der Waals surface area contributed by atoms with Crippen LogP contribution in [0.5, 0.6) is 0 Å². The molecule has 3 N–H and O–H groups in total. The Labute approximate surface area is 96.7 Å². The lowest BCUT2D eigenvalue weighted by Gasteiger charge is -2.16. The molecule has 6 heteroatoms. The van der Waals surface area contributed by atoms with Crippen molar-refractivity contribution < 1.29 is 13.2 Å². The van der Waals surface area contributed by atoms with Gasteiger partial charge in [-0.15, -0.1) is 0 Å². The van der Waals surface area contributed by atoms with Gasteiger partial charge >= 0.3 is 0 Å². The fourth-order valence-electron chi connectivity index (χ4n) is 1.85. The number of carbonyl (C=O) groups is 1. The standard InChI is InChI=1S/C10H20N2O3S/c1-16(14,15)7-6-9(11)10(13)12-8-4-2-3-5-8/h8-9H,2-7,11H2,1H3,(H,12,13). The Morgan fingerprint density at radius 2 is 2.00 bits per heavy atom. The number of rotatable bonds is 5. The Balaban J connectivity index is 2.29. The molecule has 0 aromatic carbocycles. The fourth-order valence-corrected chi connectivity index (χ4v) is 2.53. The number of nitrogens with two attached hydrogens (primary N) is 1. The van der Waals surface area contributed by atoms with Crippen molar-refractivity contribution in [3.05, 3.63) is 0 Å². The second kappa shape index (κ2) is 5.63. The molecule has 1 fully saturated rings. The highest BCUT2D eigenvalue weighted by Crippen LogP contribution is 2.17. The van der Waals surface area contributed by atoms with E-state index in [-0.39, 0.29) is 24.1 Å². The fraction of sp³-hybridized carbons (Fsp3) is 0.900. The van der Waals surface area contributed by atoms with Gasteiger partial charge in [0.15, 0.2) is 0 Å². The van der Waals surface area contributed by atoms with Crippen LogP contribution in [0.3, 0.4) is 0 Å². The zero-order valence-corrected chi connectivity index (χ0v) is 10.4. The van der Waals surface area contributed by atoms with Crippen molar-refractivity contribution in [3.8, 4) is 0 Å². The monoisotopic (exact) mass is 248 g/mol. The highest BCUT2D eigenvalue weighted by atomic mass is 32.2. The Morgan fingerprint density at radius 3 is 2.50 bits per heavy atom.